The van der Waals surface area contributed by atoms with Crippen molar-refractivity contribution in [3.63, 3.8) is 0 Å². The molecule has 0 radical (unpaired) electrons. The number of rotatable bonds is 4. The molecule has 2 aromatic heterocycles. The van der Waals surface area contributed by atoms with Crippen molar-refractivity contribution in [1.82, 2.24) is 14.6 Å². The Morgan fingerprint density at radius 1 is 1.25 bits per heavy atom. The predicted molar refractivity (Wildman–Crippen MR) is 95.6 cm³/mol. The number of aromatic nitrogens is 3. The minimum absolute atomic E-state index is 0.196. The highest BCUT2D eigenvalue weighted by atomic mass is 16.1. The maximum absolute atomic E-state index is 12.6. The van der Waals surface area contributed by atoms with Crippen molar-refractivity contribution in [2.45, 2.75) is 40.0 Å². The van der Waals surface area contributed by atoms with Gasteiger partial charge in [0.05, 0.1) is 6.20 Å². The van der Waals surface area contributed by atoms with Crippen molar-refractivity contribution < 1.29 is 4.79 Å². The number of benzene rings is 1. The summed E-state index contributed by atoms with van der Waals surface area (Å²) >= 11 is 0. The normalized spacial score (nSPS) is 12.3. The number of hydrogen-bond donors (Lipinski definition) is 1. The third-order valence-corrected chi connectivity index (χ3v) is 4.37. The van der Waals surface area contributed by atoms with Crippen molar-refractivity contribution in [3.8, 4) is 0 Å². The number of nitrogens with one attached hydrogen (secondary N) is 1. The molecule has 0 saturated heterocycles. The van der Waals surface area contributed by atoms with Crippen molar-refractivity contribution in [3.05, 3.63) is 59.0 Å². The highest BCUT2D eigenvalue weighted by Gasteiger charge is 2.15. The molecule has 0 fully saturated rings. The molecule has 1 atom stereocenters. The molecular formula is C19H22N4O. The molecule has 0 saturated carbocycles. The van der Waals surface area contributed by atoms with E-state index in [1.807, 2.05) is 32.0 Å². The van der Waals surface area contributed by atoms with Gasteiger partial charge in [0, 0.05) is 17.1 Å². The summed E-state index contributed by atoms with van der Waals surface area (Å²) in [6, 6.07) is 9.94. The molecule has 5 nitrogen and oxygen atoms in total. The molecule has 5 heteroatoms. The van der Waals surface area contributed by atoms with Crippen LogP contribution in [-0.4, -0.2) is 20.5 Å². The van der Waals surface area contributed by atoms with Crippen LogP contribution < -0.4 is 5.32 Å². The number of carbonyl (C=O) groups excluding carboxylic acids is 1. The van der Waals surface area contributed by atoms with Gasteiger partial charge in [0.15, 0.2) is 5.65 Å². The molecule has 0 bridgehead atoms. The summed E-state index contributed by atoms with van der Waals surface area (Å²) in [5.41, 5.74) is 4.94. The van der Waals surface area contributed by atoms with E-state index in [2.05, 4.69) is 41.4 Å². The van der Waals surface area contributed by atoms with Crippen molar-refractivity contribution in [1.29, 1.82) is 0 Å². The monoisotopic (exact) mass is 322 g/mol. The molecule has 1 unspecified atom stereocenters. The molecule has 3 aromatic rings. The van der Waals surface area contributed by atoms with E-state index in [4.69, 9.17) is 0 Å². The first-order valence-electron chi connectivity index (χ1n) is 8.23. The van der Waals surface area contributed by atoms with Crippen LogP contribution in [-0.2, 0) is 0 Å². The standard InChI is InChI=1S/C19H22N4O/c1-5-12(2)15-6-8-16(9-7-15)22-19(24)17-11-20-23-14(4)10-13(3)21-18(17)23/h6-12H,5H2,1-4H3,(H,22,24). The van der Waals surface area contributed by atoms with Gasteiger partial charge in [0.25, 0.3) is 5.91 Å². The molecular weight excluding hydrogens is 300 g/mol. The molecule has 0 spiro atoms. The molecule has 124 valence electrons. The van der Waals surface area contributed by atoms with Crippen LogP contribution in [0.5, 0.6) is 0 Å². The summed E-state index contributed by atoms with van der Waals surface area (Å²) in [7, 11) is 0. The predicted octanol–water partition coefficient (Wildman–Crippen LogP) is 4.11. The Hall–Kier alpha value is -2.69. The zero-order chi connectivity index (χ0) is 17.3. The van der Waals surface area contributed by atoms with Crippen LogP contribution in [0.25, 0.3) is 5.65 Å². The number of nitrogens with zero attached hydrogens (tertiary/aromatic N) is 3. The second-order valence-electron chi connectivity index (χ2n) is 6.22. The van der Waals surface area contributed by atoms with Crippen LogP contribution in [0.1, 0.15) is 53.5 Å². The molecule has 24 heavy (non-hydrogen) atoms. The summed E-state index contributed by atoms with van der Waals surface area (Å²) in [5, 5.41) is 7.19. The van der Waals surface area contributed by atoms with Gasteiger partial charge in [-0.15, -0.1) is 0 Å². The van der Waals surface area contributed by atoms with Crippen LogP contribution >= 0.6 is 0 Å². The maximum Gasteiger partial charge on any atom is 0.261 e. The van der Waals surface area contributed by atoms with E-state index >= 15 is 0 Å². The topological polar surface area (TPSA) is 59.3 Å². The van der Waals surface area contributed by atoms with Gasteiger partial charge >= 0.3 is 0 Å². The molecule has 1 aromatic carbocycles. The summed E-state index contributed by atoms with van der Waals surface area (Å²) in [5.74, 6) is 0.323. The largest absolute Gasteiger partial charge is 0.322 e. The lowest BCUT2D eigenvalue weighted by molar-refractivity contribution is 0.102. The van der Waals surface area contributed by atoms with Gasteiger partial charge in [-0.1, -0.05) is 26.0 Å². The van der Waals surface area contributed by atoms with E-state index < -0.39 is 0 Å². The Kier molecular flexibility index (Phi) is 4.34. The lowest BCUT2D eigenvalue weighted by Crippen LogP contribution is -2.12. The van der Waals surface area contributed by atoms with Crippen molar-refractivity contribution in [2.75, 3.05) is 5.32 Å². The third-order valence-electron chi connectivity index (χ3n) is 4.37. The van der Waals surface area contributed by atoms with E-state index in [9.17, 15) is 4.79 Å². The Morgan fingerprint density at radius 3 is 2.62 bits per heavy atom. The second kappa shape index (κ2) is 6.43. The summed E-state index contributed by atoms with van der Waals surface area (Å²) in [4.78, 5) is 17.0. The fraction of sp³-hybridized carbons (Fsp3) is 0.316. The fourth-order valence-corrected chi connectivity index (χ4v) is 2.76. The van der Waals surface area contributed by atoms with Gasteiger partial charge in [0.1, 0.15) is 5.56 Å². The highest BCUT2D eigenvalue weighted by Crippen LogP contribution is 2.21. The Bertz CT molecular complexity index is 880. The SMILES string of the molecule is CCC(C)c1ccc(NC(=O)c2cnn3c(C)cc(C)nc23)cc1. The van der Waals surface area contributed by atoms with E-state index in [1.165, 1.54) is 5.56 Å². The smallest absolute Gasteiger partial charge is 0.261 e. The maximum atomic E-state index is 12.6. The first-order valence-corrected chi connectivity index (χ1v) is 8.23. The molecule has 1 amide bonds. The molecule has 2 heterocycles. The zero-order valence-corrected chi connectivity index (χ0v) is 14.5. The van der Waals surface area contributed by atoms with Crippen LogP contribution in [0.3, 0.4) is 0 Å². The third kappa shape index (κ3) is 3.02. The van der Waals surface area contributed by atoms with Gasteiger partial charge in [-0.2, -0.15) is 5.10 Å². The summed E-state index contributed by atoms with van der Waals surface area (Å²) < 4.78 is 1.69. The molecule has 3 rings (SSSR count). The van der Waals surface area contributed by atoms with Gasteiger partial charge < -0.3 is 5.32 Å². The summed E-state index contributed by atoms with van der Waals surface area (Å²) in [6.45, 7) is 8.23. The molecule has 0 aliphatic carbocycles. The Labute approximate surface area is 141 Å². The lowest BCUT2D eigenvalue weighted by Gasteiger charge is -2.10. The quantitative estimate of drug-likeness (QED) is 0.786. The number of fused-ring (bicyclic) bond motifs is 1. The second-order valence-corrected chi connectivity index (χ2v) is 6.22. The van der Waals surface area contributed by atoms with Crippen molar-refractivity contribution >= 4 is 17.2 Å². The van der Waals surface area contributed by atoms with Crippen LogP contribution in [0.2, 0.25) is 0 Å². The van der Waals surface area contributed by atoms with E-state index in [0.29, 0.717) is 17.1 Å². The minimum Gasteiger partial charge on any atom is -0.322 e. The first kappa shape index (κ1) is 16.2. The summed E-state index contributed by atoms with van der Waals surface area (Å²) in [6.07, 6.45) is 2.66. The Morgan fingerprint density at radius 2 is 1.96 bits per heavy atom. The number of anilines is 1. The number of hydrogen-bond acceptors (Lipinski definition) is 3. The van der Waals surface area contributed by atoms with E-state index in [-0.39, 0.29) is 5.91 Å². The van der Waals surface area contributed by atoms with E-state index in [1.54, 1.807) is 10.7 Å². The van der Waals surface area contributed by atoms with Gasteiger partial charge in [-0.25, -0.2) is 9.50 Å². The minimum atomic E-state index is -0.196. The van der Waals surface area contributed by atoms with Gasteiger partial charge in [0.2, 0.25) is 0 Å². The number of carbonyl (C=O) groups is 1. The van der Waals surface area contributed by atoms with Crippen LogP contribution in [0.4, 0.5) is 5.69 Å². The fourth-order valence-electron chi connectivity index (χ4n) is 2.76. The average Bonchev–Trinajstić information content (AvgIpc) is 2.99. The van der Waals surface area contributed by atoms with Gasteiger partial charge in [-0.3, -0.25) is 4.79 Å². The molecule has 1 N–H and O–H groups in total. The Balaban J connectivity index is 1.85. The van der Waals surface area contributed by atoms with Crippen molar-refractivity contribution in [2.24, 2.45) is 0 Å². The first-order chi connectivity index (χ1) is 11.5. The highest BCUT2D eigenvalue weighted by molar-refractivity contribution is 6.08. The molecule has 0 aliphatic rings. The number of amides is 1. The lowest BCUT2D eigenvalue weighted by atomic mass is 9.99. The van der Waals surface area contributed by atoms with Gasteiger partial charge in [-0.05, 0) is 49.9 Å². The zero-order valence-electron chi connectivity index (χ0n) is 14.5. The van der Waals surface area contributed by atoms with E-state index in [0.717, 1.165) is 23.5 Å². The average molecular weight is 322 g/mol. The van der Waals surface area contributed by atoms with Crippen LogP contribution in [0, 0.1) is 13.8 Å². The van der Waals surface area contributed by atoms with Crippen LogP contribution in [0.15, 0.2) is 36.5 Å². The molecule has 0 aliphatic heterocycles. The number of aryl methyl sites for hydroxylation is 2.